The van der Waals surface area contributed by atoms with E-state index in [-0.39, 0.29) is 6.04 Å². The van der Waals surface area contributed by atoms with Crippen LogP contribution in [0.1, 0.15) is 17.2 Å². The highest BCUT2D eigenvalue weighted by Gasteiger charge is 2.18. The number of aryl methyl sites for hydroxylation is 1. The highest BCUT2D eigenvalue weighted by Crippen LogP contribution is 2.26. The van der Waals surface area contributed by atoms with Gasteiger partial charge in [0.15, 0.2) is 0 Å². The van der Waals surface area contributed by atoms with Crippen LogP contribution in [0.25, 0.3) is 0 Å². The van der Waals surface area contributed by atoms with Crippen LogP contribution in [0.2, 0.25) is 0 Å². The number of aromatic nitrogens is 2. The molecular formula is C9H13N5S. The molecule has 0 amide bonds. The van der Waals surface area contributed by atoms with Gasteiger partial charge in [0.1, 0.15) is 5.82 Å². The number of nitrogens with two attached hydrogens (primary N) is 2. The number of hydrazine groups is 1. The number of rotatable bonds is 3. The zero-order valence-electron chi connectivity index (χ0n) is 8.34. The van der Waals surface area contributed by atoms with E-state index in [0.717, 1.165) is 11.1 Å². The molecule has 0 bridgehead atoms. The molecule has 0 aliphatic rings. The molecule has 5 N–H and O–H groups in total. The second-order valence-electron chi connectivity index (χ2n) is 3.27. The van der Waals surface area contributed by atoms with Gasteiger partial charge in [0, 0.05) is 12.6 Å². The molecule has 6 heteroatoms. The van der Waals surface area contributed by atoms with Crippen LogP contribution < -0.4 is 17.0 Å². The summed E-state index contributed by atoms with van der Waals surface area (Å²) < 4.78 is 1.63. The fourth-order valence-electron chi connectivity index (χ4n) is 1.49. The second kappa shape index (κ2) is 4.01. The van der Waals surface area contributed by atoms with Crippen molar-refractivity contribution in [2.24, 2.45) is 12.9 Å². The maximum atomic E-state index is 5.89. The van der Waals surface area contributed by atoms with Crippen molar-refractivity contribution in [3.63, 3.8) is 0 Å². The van der Waals surface area contributed by atoms with Crippen molar-refractivity contribution in [1.82, 2.24) is 15.2 Å². The van der Waals surface area contributed by atoms with Gasteiger partial charge in [0.25, 0.3) is 0 Å². The highest BCUT2D eigenvalue weighted by atomic mass is 32.1. The maximum Gasteiger partial charge on any atom is 0.126 e. The molecule has 0 radical (unpaired) electrons. The summed E-state index contributed by atoms with van der Waals surface area (Å²) in [7, 11) is 1.81. The minimum Gasteiger partial charge on any atom is -0.384 e. The number of nitrogens with one attached hydrogen (secondary N) is 1. The Bertz CT molecular complexity index is 433. The van der Waals surface area contributed by atoms with Crippen molar-refractivity contribution in [3.8, 4) is 0 Å². The molecule has 1 unspecified atom stereocenters. The molecule has 0 aliphatic heterocycles. The summed E-state index contributed by atoms with van der Waals surface area (Å²) in [5, 5.41) is 8.14. The van der Waals surface area contributed by atoms with Gasteiger partial charge in [-0.1, -0.05) is 0 Å². The van der Waals surface area contributed by atoms with Crippen LogP contribution in [-0.2, 0) is 7.05 Å². The Hall–Kier alpha value is -1.37. The molecule has 15 heavy (non-hydrogen) atoms. The standard InChI is InChI=1S/C9H13N5S/c1-14-9(10)7(4-12-14)8(13-11)6-2-3-15-5-6/h2-5,8,13H,10-11H2,1H3. The molecular weight excluding hydrogens is 210 g/mol. The van der Waals surface area contributed by atoms with E-state index in [4.69, 9.17) is 11.6 Å². The van der Waals surface area contributed by atoms with Gasteiger partial charge >= 0.3 is 0 Å². The Morgan fingerprint density at radius 2 is 2.40 bits per heavy atom. The van der Waals surface area contributed by atoms with Gasteiger partial charge in [-0.2, -0.15) is 16.4 Å². The number of hydrogen-bond donors (Lipinski definition) is 3. The molecule has 0 saturated heterocycles. The van der Waals surface area contributed by atoms with Crippen LogP contribution in [0.5, 0.6) is 0 Å². The van der Waals surface area contributed by atoms with Crippen LogP contribution in [0, 0.1) is 0 Å². The van der Waals surface area contributed by atoms with Crippen LogP contribution >= 0.6 is 11.3 Å². The Labute approximate surface area is 91.7 Å². The molecule has 0 aliphatic carbocycles. The molecule has 2 heterocycles. The summed E-state index contributed by atoms with van der Waals surface area (Å²) in [5.41, 5.74) is 10.6. The first-order valence-corrected chi connectivity index (χ1v) is 5.44. The van der Waals surface area contributed by atoms with Crippen molar-refractivity contribution >= 4 is 17.2 Å². The lowest BCUT2D eigenvalue weighted by Crippen LogP contribution is -2.28. The summed E-state index contributed by atoms with van der Waals surface area (Å²) >= 11 is 1.63. The Morgan fingerprint density at radius 3 is 2.87 bits per heavy atom. The molecule has 5 nitrogen and oxygen atoms in total. The monoisotopic (exact) mass is 223 g/mol. The van der Waals surface area contributed by atoms with Crippen molar-refractivity contribution in [1.29, 1.82) is 0 Å². The van der Waals surface area contributed by atoms with Crippen molar-refractivity contribution in [2.45, 2.75) is 6.04 Å². The second-order valence-corrected chi connectivity index (χ2v) is 4.05. The predicted octanol–water partition coefficient (Wildman–Crippen LogP) is 0.616. The summed E-state index contributed by atoms with van der Waals surface area (Å²) in [4.78, 5) is 0. The average molecular weight is 223 g/mol. The topological polar surface area (TPSA) is 81.9 Å². The van der Waals surface area contributed by atoms with Gasteiger partial charge < -0.3 is 5.73 Å². The van der Waals surface area contributed by atoms with Gasteiger partial charge in [0.2, 0.25) is 0 Å². The minimum atomic E-state index is -0.0926. The smallest absolute Gasteiger partial charge is 0.126 e. The normalized spacial score (nSPS) is 12.9. The number of thiophene rings is 1. The van der Waals surface area contributed by atoms with E-state index >= 15 is 0 Å². The van der Waals surface area contributed by atoms with Gasteiger partial charge in [-0.3, -0.25) is 10.5 Å². The largest absolute Gasteiger partial charge is 0.384 e. The van der Waals surface area contributed by atoms with Crippen LogP contribution in [0.4, 0.5) is 5.82 Å². The van der Waals surface area contributed by atoms with E-state index < -0.39 is 0 Å². The number of hydrogen-bond acceptors (Lipinski definition) is 5. The Morgan fingerprint density at radius 1 is 1.60 bits per heavy atom. The summed E-state index contributed by atoms with van der Waals surface area (Å²) in [6, 6.07) is 1.92. The molecule has 0 saturated carbocycles. The SMILES string of the molecule is Cn1ncc(C(NN)c2ccsc2)c1N. The first-order chi connectivity index (χ1) is 7.24. The molecule has 2 aromatic heterocycles. The van der Waals surface area contributed by atoms with E-state index in [1.54, 1.807) is 29.3 Å². The van der Waals surface area contributed by atoms with Gasteiger partial charge in [0.05, 0.1) is 12.2 Å². The van der Waals surface area contributed by atoms with E-state index in [1.165, 1.54) is 0 Å². The first kappa shape index (κ1) is 10.2. The summed E-state index contributed by atoms with van der Waals surface area (Å²) in [6.07, 6.45) is 1.73. The van der Waals surface area contributed by atoms with E-state index in [2.05, 4.69) is 10.5 Å². The molecule has 0 spiro atoms. The van der Waals surface area contributed by atoms with E-state index in [0.29, 0.717) is 5.82 Å². The fraction of sp³-hybridized carbons (Fsp3) is 0.222. The van der Waals surface area contributed by atoms with Crippen LogP contribution in [-0.4, -0.2) is 9.78 Å². The maximum absolute atomic E-state index is 5.89. The zero-order valence-corrected chi connectivity index (χ0v) is 9.16. The number of nitrogens with zero attached hydrogens (tertiary/aromatic N) is 2. The lowest BCUT2D eigenvalue weighted by molar-refractivity contribution is 0.640. The van der Waals surface area contributed by atoms with Gasteiger partial charge in [-0.15, -0.1) is 0 Å². The van der Waals surface area contributed by atoms with Crippen LogP contribution in [0.3, 0.4) is 0 Å². The lowest BCUT2D eigenvalue weighted by Gasteiger charge is -2.13. The molecule has 0 aromatic carbocycles. The Balaban J connectivity index is 2.40. The predicted molar refractivity (Wildman–Crippen MR) is 61.1 cm³/mol. The third-order valence-electron chi connectivity index (χ3n) is 2.37. The van der Waals surface area contributed by atoms with E-state index in [1.807, 2.05) is 16.8 Å². The fourth-order valence-corrected chi connectivity index (χ4v) is 2.18. The lowest BCUT2D eigenvalue weighted by atomic mass is 10.1. The number of nitrogen functional groups attached to an aromatic ring is 1. The quantitative estimate of drug-likeness (QED) is 0.526. The average Bonchev–Trinajstić information content (AvgIpc) is 2.84. The van der Waals surface area contributed by atoms with E-state index in [9.17, 15) is 0 Å². The van der Waals surface area contributed by atoms with Crippen LogP contribution in [0.15, 0.2) is 23.0 Å². The van der Waals surface area contributed by atoms with Crippen molar-refractivity contribution in [2.75, 3.05) is 5.73 Å². The van der Waals surface area contributed by atoms with Crippen molar-refractivity contribution in [3.05, 3.63) is 34.2 Å². The highest BCUT2D eigenvalue weighted by molar-refractivity contribution is 7.08. The summed E-state index contributed by atoms with van der Waals surface area (Å²) in [6.45, 7) is 0. The minimum absolute atomic E-state index is 0.0926. The molecule has 80 valence electrons. The Kier molecular flexibility index (Phi) is 2.72. The molecule has 0 fully saturated rings. The number of anilines is 1. The summed E-state index contributed by atoms with van der Waals surface area (Å²) in [5.74, 6) is 6.17. The third kappa shape index (κ3) is 1.74. The molecule has 1 atom stereocenters. The zero-order chi connectivity index (χ0) is 10.8. The van der Waals surface area contributed by atoms with Gasteiger partial charge in [-0.25, -0.2) is 5.43 Å². The molecule has 2 aromatic rings. The van der Waals surface area contributed by atoms with Gasteiger partial charge in [-0.05, 0) is 22.4 Å². The third-order valence-corrected chi connectivity index (χ3v) is 3.07. The first-order valence-electron chi connectivity index (χ1n) is 4.49. The molecule has 2 rings (SSSR count). The van der Waals surface area contributed by atoms with Crippen molar-refractivity contribution < 1.29 is 0 Å².